The Balaban J connectivity index is 1.60. The first kappa shape index (κ1) is 15.1. The van der Waals surface area contributed by atoms with Crippen LogP contribution in [0.5, 0.6) is 0 Å². The second kappa shape index (κ2) is 6.57. The van der Waals surface area contributed by atoms with Crippen molar-refractivity contribution in [2.75, 3.05) is 32.7 Å². The number of nitrogens with zero attached hydrogens (tertiary/aromatic N) is 4. The van der Waals surface area contributed by atoms with Gasteiger partial charge in [0.1, 0.15) is 11.3 Å². The highest BCUT2D eigenvalue weighted by Gasteiger charge is 2.26. The lowest BCUT2D eigenvalue weighted by atomic mass is 9.93. The minimum absolute atomic E-state index is 0.514. The second-order valence-corrected chi connectivity index (χ2v) is 6.97. The van der Waals surface area contributed by atoms with Crippen molar-refractivity contribution in [3.05, 3.63) is 24.2 Å². The molecule has 2 fully saturated rings. The zero-order valence-electron chi connectivity index (χ0n) is 14.0. The van der Waals surface area contributed by atoms with E-state index < -0.39 is 0 Å². The van der Waals surface area contributed by atoms with Crippen LogP contribution >= 0.6 is 0 Å². The molecule has 1 atom stereocenters. The summed E-state index contributed by atoms with van der Waals surface area (Å²) in [6, 6.07) is 4.61. The number of nitrogens with one attached hydrogen (secondary N) is 1. The Labute approximate surface area is 138 Å². The fraction of sp³-hybridized carbons (Fsp3) is 0.667. The summed E-state index contributed by atoms with van der Waals surface area (Å²) >= 11 is 0. The van der Waals surface area contributed by atoms with Gasteiger partial charge in [0, 0.05) is 19.2 Å². The zero-order chi connectivity index (χ0) is 15.6. The maximum atomic E-state index is 4.95. The van der Waals surface area contributed by atoms with Gasteiger partial charge < -0.3 is 14.8 Å². The maximum absolute atomic E-state index is 4.95. The maximum Gasteiger partial charge on any atom is 0.160 e. The lowest BCUT2D eigenvalue weighted by Gasteiger charge is -2.31. The van der Waals surface area contributed by atoms with Crippen LogP contribution in [-0.4, -0.2) is 52.2 Å². The number of hydrogen-bond acceptors (Lipinski definition) is 4. The molecule has 0 amide bonds. The van der Waals surface area contributed by atoms with Gasteiger partial charge in [-0.1, -0.05) is 6.92 Å². The summed E-state index contributed by atoms with van der Waals surface area (Å²) in [5.41, 5.74) is 2.13. The molecule has 0 saturated carbocycles. The van der Waals surface area contributed by atoms with Gasteiger partial charge in [-0.25, -0.2) is 9.97 Å². The van der Waals surface area contributed by atoms with Crippen LogP contribution < -0.4 is 5.32 Å². The molecule has 0 spiro atoms. The van der Waals surface area contributed by atoms with E-state index in [1.807, 2.05) is 12.3 Å². The first-order valence-corrected chi connectivity index (χ1v) is 9.10. The van der Waals surface area contributed by atoms with E-state index in [-0.39, 0.29) is 0 Å². The first-order chi connectivity index (χ1) is 11.3. The SMILES string of the molecule is CCN1CCC(Cc2nc3cccnc3n2C2CCNC2)CC1. The largest absolute Gasteiger partial charge is 0.315 e. The standard InChI is InChI=1S/C18H27N5/c1-2-22-10-6-14(7-11-22)12-17-21-16-4-3-8-20-18(16)23(17)15-5-9-19-13-15/h3-4,8,14-15,19H,2,5-7,9-13H2,1H3. The van der Waals surface area contributed by atoms with Crippen molar-refractivity contribution < 1.29 is 0 Å². The third kappa shape index (κ3) is 3.00. The van der Waals surface area contributed by atoms with Gasteiger partial charge in [-0.3, -0.25) is 0 Å². The zero-order valence-corrected chi connectivity index (χ0v) is 14.0. The lowest BCUT2D eigenvalue weighted by molar-refractivity contribution is 0.190. The number of likely N-dealkylation sites (tertiary alicyclic amines) is 1. The Morgan fingerprint density at radius 1 is 1.26 bits per heavy atom. The molecule has 1 N–H and O–H groups in total. The molecule has 5 nitrogen and oxygen atoms in total. The molecular weight excluding hydrogens is 286 g/mol. The average Bonchev–Trinajstić information content (AvgIpc) is 3.22. The summed E-state index contributed by atoms with van der Waals surface area (Å²) in [5.74, 6) is 2.02. The summed E-state index contributed by atoms with van der Waals surface area (Å²) in [6.07, 6.45) is 6.78. The number of imidazole rings is 1. The summed E-state index contributed by atoms with van der Waals surface area (Å²) in [4.78, 5) is 12.1. The molecule has 2 aliphatic rings. The van der Waals surface area contributed by atoms with E-state index in [1.165, 1.54) is 44.7 Å². The van der Waals surface area contributed by atoms with Crippen molar-refractivity contribution in [1.29, 1.82) is 0 Å². The molecule has 2 aliphatic heterocycles. The average molecular weight is 313 g/mol. The van der Waals surface area contributed by atoms with Crippen molar-refractivity contribution in [2.45, 2.75) is 38.6 Å². The quantitative estimate of drug-likeness (QED) is 0.940. The van der Waals surface area contributed by atoms with Crippen molar-refractivity contribution in [2.24, 2.45) is 5.92 Å². The highest BCUT2D eigenvalue weighted by Crippen LogP contribution is 2.27. The van der Waals surface area contributed by atoms with Crippen molar-refractivity contribution >= 4 is 11.2 Å². The molecule has 0 bridgehead atoms. The van der Waals surface area contributed by atoms with Crippen LogP contribution in [0.15, 0.2) is 18.3 Å². The number of aromatic nitrogens is 3. The van der Waals surface area contributed by atoms with E-state index in [0.717, 1.165) is 36.6 Å². The van der Waals surface area contributed by atoms with Crippen molar-refractivity contribution in [3.63, 3.8) is 0 Å². The number of hydrogen-bond donors (Lipinski definition) is 1. The van der Waals surface area contributed by atoms with E-state index in [0.29, 0.717) is 6.04 Å². The molecule has 4 heterocycles. The van der Waals surface area contributed by atoms with Crippen LogP contribution in [0.1, 0.15) is 38.1 Å². The van der Waals surface area contributed by atoms with Crippen LogP contribution in [0.25, 0.3) is 11.2 Å². The van der Waals surface area contributed by atoms with E-state index in [1.54, 1.807) is 0 Å². The molecule has 2 aromatic heterocycles. The van der Waals surface area contributed by atoms with Gasteiger partial charge in [0.15, 0.2) is 5.65 Å². The summed E-state index contributed by atoms with van der Waals surface area (Å²) in [6.45, 7) is 8.07. The molecule has 1 unspecified atom stereocenters. The number of pyridine rings is 1. The van der Waals surface area contributed by atoms with Crippen LogP contribution in [0, 0.1) is 5.92 Å². The van der Waals surface area contributed by atoms with Gasteiger partial charge in [-0.2, -0.15) is 0 Å². The molecule has 0 radical (unpaired) electrons. The number of rotatable bonds is 4. The Morgan fingerprint density at radius 2 is 2.13 bits per heavy atom. The van der Waals surface area contributed by atoms with Crippen LogP contribution in [-0.2, 0) is 6.42 Å². The molecule has 0 aliphatic carbocycles. The molecule has 2 saturated heterocycles. The number of fused-ring (bicyclic) bond motifs is 1. The molecule has 124 valence electrons. The van der Waals surface area contributed by atoms with Gasteiger partial charge in [-0.15, -0.1) is 0 Å². The van der Waals surface area contributed by atoms with E-state index in [2.05, 4.69) is 32.8 Å². The van der Waals surface area contributed by atoms with E-state index in [4.69, 9.17) is 4.98 Å². The second-order valence-electron chi connectivity index (χ2n) is 6.97. The number of piperidine rings is 1. The monoisotopic (exact) mass is 313 g/mol. The fourth-order valence-electron chi connectivity index (χ4n) is 4.13. The smallest absolute Gasteiger partial charge is 0.160 e. The van der Waals surface area contributed by atoms with Crippen molar-refractivity contribution in [1.82, 2.24) is 24.8 Å². The van der Waals surface area contributed by atoms with Crippen molar-refractivity contribution in [3.8, 4) is 0 Å². The van der Waals surface area contributed by atoms with Crippen LogP contribution in [0.3, 0.4) is 0 Å². The summed E-state index contributed by atoms with van der Waals surface area (Å²) in [7, 11) is 0. The van der Waals surface area contributed by atoms with Gasteiger partial charge in [0.25, 0.3) is 0 Å². The van der Waals surface area contributed by atoms with Gasteiger partial charge in [-0.05, 0) is 63.5 Å². The Hall–Kier alpha value is -1.46. The highest BCUT2D eigenvalue weighted by atomic mass is 15.2. The Morgan fingerprint density at radius 3 is 2.87 bits per heavy atom. The van der Waals surface area contributed by atoms with Gasteiger partial charge in [0.05, 0.1) is 6.04 Å². The molecule has 23 heavy (non-hydrogen) atoms. The predicted octanol–water partition coefficient (Wildman–Crippen LogP) is 2.24. The molecule has 5 heteroatoms. The highest BCUT2D eigenvalue weighted by molar-refractivity contribution is 5.71. The first-order valence-electron chi connectivity index (χ1n) is 9.10. The van der Waals surface area contributed by atoms with Crippen LogP contribution in [0.4, 0.5) is 0 Å². The summed E-state index contributed by atoms with van der Waals surface area (Å²) in [5, 5.41) is 3.49. The topological polar surface area (TPSA) is 46.0 Å². The minimum Gasteiger partial charge on any atom is -0.315 e. The third-order valence-electron chi connectivity index (χ3n) is 5.55. The fourth-order valence-corrected chi connectivity index (χ4v) is 4.13. The normalized spacial score (nSPS) is 23.8. The van der Waals surface area contributed by atoms with Gasteiger partial charge >= 0.3 is 0 Å². The third-order valence-corrected chi connectivity index (χ3v) is 5.55. The minimum atomic E-state index is 0.514. The predicted molar refractivity (Wildman–Crippen MR) is 92.6 cm³/mol. The lowest BCUT2D eigenvalue weighted by Crippen LogP contribution is -2.34. The van der Waals surface area contributed by atoms with E-state index in [9.17, 15) is 0 Å². The molecule has 2 aromatic rings. The molecule has 0 aromatic carbocycles. The Kier molecular flexibility index (Phi) is 4.31. The Bertz CT molecular complexity index is 650. The van der Waals surface area contributed by atoms with Gasteiger partial charge in [0.2, 0.25) is 0 Å². The molecule has 4 rings (SSSR count). The van der Waals surface area contributed by atoms with Crippen LogP contribution in [0.2, 0.25) is 0 Å². The molecular formula is C18H27N5. The van der Waals surface area contributed by atoms with E-state index >= 15 is 0 Å². The summed E-state index contributed by atoms with van der Waals surface area (Å²) < 4.78 is 2.43.